The number of anilines is 1. The minimum Gasteiger partial charge on any atom is -0.454 e. The van der Waals surface area contributed by atoms with E-state index in [9.17, 15) is 4.79 Å². The molecular formula is C22H22N4O3. The molecule has 0 saturated heterocycles. The quantitative estimate of drug-likeness (QED) is 0.666. The van der Waals surface area contributed by atoms with Gasteiger partial charge in [0.05, 0.1) is 5.56 Å². The van der Waals surface area contributed by atoms with Crippen molar-refractivity contribution < 1.29 is 14.3 Å². The van der Waals surface area contributed by atoms with E-state index in [0.29, 0.717) is 31.1 Å². The minimum atomic E-state index is -0.0846. The van der Waals surface area contributed by atoms with Crippen molar-refractivity contribution in [2.45, 2.75) is 20.0 Å². The second-order valence-corrected chi connectivity index (χ2v) is 6.64. The van der Waals surface area contributed by atoms with E-state index in [1.165, 1.54) is 0 Å². The number of ether oxygens (including phenoxy) is 2. The summed E-state index contributed by atoms with van der Waals surface area (Å²) in [7, 11) is 0. The van der Waals surface area contributed by atoms with Gasteiger partial charge in [-0.05, 0) is 30.2 Å². The molecule has 0 unspecified atom stereocenters. The molecule has 0 spiro atoms. The van der Waals surface area contributed by atoms with Crippen molar-refractivity contribution in [1.82, 2.24) is 14.9 Å². The summed E-state index contributed by atoms with van der Waals surface area (Å²) in [5.74, 6) is 1.87. The van der Waals surface area contributed by atoms with Crippen LogP contribution in [0, 0.1) is 0 Å². The van der Waals surface area contributed by atoms with Crippen LogP contribution in [0.3, 0.4) is 0 Å². The van der Waals surface area contributed by atoms with E-state index in [2.05, 4.69) is 15.3 Å². The van der Waals surface area contributed by atoms with Crippen LogP contribution in [0.1, 0.15) is 28.4 Å². The Morgan fingerprint density at radius 1 is 1.03 bits per heavy atom. The van der Waals surface area contributed by atoms with E-state index < -0.39 is 0 Å². The first kappa shape index (κ1) is 18.7. The summed E-state index contributed by atoms with van der Waals surface area (Å²) in [5, 5.41) is 3.16. The van der Waals surface area contributed by atoms with Crippen LogP contribution in [-0.2, 0) is 13.1 Å². The Bertz CT molecular complexity index is 977. The van der Waals surface area contributed by atoms with Gasteiger partial charge in [-0.1, -0.05) is 36.4 Å². The molecule has 29 heavy (non-hydrogen) atoms. The summed E-state index contributed by atoms with van der Waals surface area (Å²) >= 11 is 0. The van der Waals surface area contributed by atoms with Gasteiger partial charge in [-0.3, -0.25) is 4.79 Å². The lowest BCUT2D eigenvalue weighted by Crippen LogP contribution is -2.30. The number of nitrogens with zero attached hydrogens (tertiary/aromatic N) is 3. The first-order valence-corrected chi connectivity index (χ1v) is 9.50. The molecule has 7 nitrogen and oxygen atoms in total. The average molecular weight is 390 g/mol. The van der Waals surface area contributed by atoms with E-state index in [0.717, 1.165) is 22.6 Å². The molecule has 0 aliphatic carbocycles. The van der Waals surface area contributed by atoms with Crippen LogP contribution in [0.15, 0.2) is 60.9 Å². The third kappa shape index (κ3) is 4.45. The molecule has 1 aromatic heterocycles. The van der Waals surface area contributed by atoms with Crippen molar-refractivity contribution in [1.29, 1.82) is 0 Å². The summed E-state index contributed by atoms with van der Waals surface area (Å²) in [4.78, 5) is 23.1. The summed E-state index contributed by atoms with van der Waals surface area (Å²) in [6, 6.07) is 15.7. The van der Waals surface area contributed by atoms with Crippen LogP contribution < -0.4 is 14.8 Å². The van der Waals surface area contributed by atoms with Crippen molar-refractivity contribution in [3.63, 3.8) is 0 Å². The van der Waals surface area contributed by atoms with Crippen LogP contribution >= 0.6 is 0 Å². The van der Waals surface area contributed by atoms with Crippen molar-refractivity contribution in [3.05, 3.63) is 77.6 Å². The fraction of sp³-hybridized carbons (Fsp3) is 0.227. The molecule has 0 radical (unpaired) electrons. The topological polar surface area (TPSA) is 76.6 Å². The highest BCUT2D eigenvalue weighted by molar-refractivity contribution is 5.93. The number of fused-ring (bicyclic) bond motifs is 1. The summed E-state index contributed by atoms with van der Waals surface area (Å²) in [5.41, 5.74) is 2.58. The first-order chi connectivity index (χ1) is 14.2. The maximum atomic E-state index is 12.8. The molecule has 4 rings (SSSR count). The highest BCUT2D eigenvalue weighted by Gasteiger charge is 2.16. The number of hydrogen-bond acceptors (Lipinski definition) is 6. The average Bonchev–Trinajstić information content (AvgIpc) is 3.24. The van der Waals surface area contributed by atoms with Crippen LogP contribution in [0.5, 0.6) is 11.5 Å². The molecule has 1 aliphatic heterocycles. The Morgan fingerprint density at radius 2 is 1.79 bits per heavy atom. The molecule has 1 aliphatic rings. The molecule has 148 valence electrons. The largest absolute Gasteiger partial charge is 0.454 e. The Morgan fingerprint density at radius 3 is 2.55 bits per heavy atom. The molecule has 1 amide bonds. The highest BCUT2D eigenvalue weighted by atomic mass is 16.7. The zero-order chi connectivity index (χ0) is 20.1. The molecule has 1 N–H and O–H groups in total. The van der Waals surface area contributed by atoms with Gasteiger partial charge in [0.2, 0.25) is 12.7 Å². The first-order valence-electron chi connectivity index (χ1n) is 9.50. The number of aromatic nitrogens is 2. The number of amides is 1. The maximum absolute atomic E-state index is 12.8. The van der Waals surface area contributed by atoms with Crippen LogP contribution in [-0.4, -0.2) is 34.1 Å². The van der Waals surface area contributed by atoms with E-state index >= 15 is 0 Å². The number of rotatable bonds is 7. The third-order valence-corrected chi connectivity index (χ3v) is 4.67. The van der Waals surface area contributed by atoms with E-state index in [-0.39, 0.29) is 12.7 Å². The molecular weight excluding hydrogens is 368 g/mol. The second kappa shape index (κ2) is 8.60. The zero-order valence-corrected chi connectivity index (χ0v) is 16.2. The van der Waals surface area contributed by atoms with Gasteiger partial charge in [-0.25, -0.2) is 9.97 Å². The lowest BCUT2D eigenvalue weighted by molar-refractivity contribution is 0.0751. The molecule has 2 aromatic carbocycles. The Hall–Kier alpha value is -3.61. The zero-order valence-electron chi connectivity index (χ0n) is 16.2. The molecule has 0 saturated carbocycles. The standard InChI is InChI=1S/C22H22N4O3/c1-2-26(14-16-6-4-3-5-7-16)21(27)18-12-24-22(25-13-18)23-11-17-8-9-19-20(10-17)29-15-28-19/h3-10,12-13H,2,11,14-15H2,1H3,(H,23,24,25). The van der Waals surface area contributed by atoms with Gasteiger partial charge >= 0.3 is 0 Å². The van der Waals surface area contributed by atoms with Crippen LogP contribution in [0.4, 0.5) is 5.95 Å². The summed E-state index contributed by atoms with van der Waals surface area (Å²) < 4.78 is 10.7. The lowest BCUT2D eigenvalue weighted by Gasteiger charge is -2.20. The van der Waals surface area contributed by atoms with E-state index in [4.69, 9.17) is 9.47 Å². The second-order valence-electron chi connectivity index (χ2n) is 6.64. The highest BCUT2D eigenvalue weighted by Crippen LogP contribution is 2.32. The molecule has 3 aromatic rings. The Kier molecular flexibility index (Phi) is 5.56. The van der Waals surface area contributed by atoms with Gasteiger partial charge in [-0.15, -0.1) is 0 Å². The fourth-order valence-corrected chi connectivity index (χ4v) is 3.08. The minimum absolute atomic E-state index is 0.0846. The van der Waals surface area contributed by atoms with Gasteiger partial charge in [-0.2, -0.15) is 0 Å². The lowest BCUT2D eigenvalue weighted by atomic mass is 10.2. The van der Waals surface area contributed by atoms with Crippen LogP contribution in [0.2, 0.25) is 0 Å². The number of carbonyl (C=O) groups excluding carboxylic acids is 1. The molecule has 0 bridgehead atoms. The fourth-order valence-electron chi connectivity index (χ4n) is 3.08. The Balaban J connectivity index is 1.37. The molecule has 0 fully saturated rings. The van der Waals surface area contributed by atoms with Gasteiger partial charge < -0.3 is 19.7 Å². The van der Waals surface area contributed by atoms with E-state index in [1.54, 1.807) is 17.3 Å². The molecule has 0 atom stereocenters. The van der Waals surface area contributed by atoms with Gasteiger partial charge in [0.25, 0.3) is 5.91 Å². The molecule has 7 heteroatoms. The van der Waals surface area contributed by atoms with Crippen molar-refractivity contribution in [3.8, 4) is 11.5 Å². The Labute approximate surface area is 169 Å². The predicted octanol–water partition coefficient (Wildman–Crippen LogP) is 3.48. The number of hydrogen-bond donors (Lipinski definition) is 1. The third-order valence-electron chi connectivity index (χ3n) is 4.67. The molecule has 2 heterocycles. The van der Waals surface area contributed by atoms with Crippen LogP contribution in [0.25, 0.3) is 0 Å². The summed E-state index contributed by atoms with van der Waals surface area (Å²) in [6.07, 6.45) is 3.12. The SMILES string of the molecule is CCN(Cc1ccccc1)C(=O)c1cnc(NCc2ccc3c(c2)OCO3)nc1. The number of benzene rings is 2. The predicted molar refractivity (Wildman–Crippen MR) is 109 cm³/mol. The van der Waals surface area contributed by atoms with Gasteiger partial charge in [0.1, 0.15) is 0 Å². The van der Waals surface area contributed by atoms with Crippen molar-refractivity contribution in [2.24, 2.45) is 0 Å². The van der Waals surface area contributed by atoms with Crippen molar-refractivity contribution >= 4 is 11.9 Å². The summed E-state index contributed by atoms with van der Waals surface area (Å²) in [6.45, 7) is 3.92. The van der Waals surface area contributed by atoms with Crippen molar-refractivity contribution in [2.75, 3.05) is 18.7 Å². The van der Waals surface area contributed by atoms with Gasteiger partial charge in [0.15, 0.2) is 11.5 Å². The number of nitrogens with one attached hydrogen (secondary N) is 1. The smallest absolute Gasteiger partial charge is 0.257 e. The normalized spacial score (nSPS) is 11.9. The monoisotopic (exact) mass is 390 g/mol. The van der Waals surface area contributed by atoms with E-state index in [1.807, 2.05) is 55.5 Å². The number of carbonyl (C=O) groups is 1. The maximum Gasteiger partial charge on any atom is 0.257 e. The van der Waals surface area contributed by atoms with Gasteiger partial charge in [0, 0.05) is 32.0 Å².